The van der Waals surface area contributed by atoms with Crippen LogP contribution in [0.1, 0.15) is 5.56 Å². The molecule has 1 aromatic rings. The maximum absolute atomic E-state index is 13.0. The third kappa shape index (κ3) is 2.06. The smallest absolute Gasteiger partial charge is 0.282 e. The normalized spacial score (nSPS) is 27.0. The summed E-state index contributed by atoms with van der Waals surface area (Å²) in [6.07, 6.45) is 0. The van der Waals surface area contributed by atoms with Gasteiger partial charge in [0.1, 0.15) is 0 Å². The number of para-hydroxylation sites is 1. The topological polar surface area (TPSA) is 89.6 Å². The second-order valence-corrected chi connectivity index (χ2v) is 6.40. The molecule has 3 aliphatic heterocycles. The fourth-order valence-electron chi connectivity index (χ4n) is 3.43. The van der Waals surface area contributed by atoms with E-state index in [4.69, 9.17) is 10.7 Å². The predicted molar refractivity (Wildman–Crippen MR) is 92.8 cm³/mol. The van der Waals surface area contributed by atoms with E-state index in [0.717, 1.165) is 37.4 Å². The molecule has 0 saturated carbocycles. The Morgan fingerprint density at radius 1 is 1.12 bits per heavy atom. The van der Waals surface area contributed by atoms with E-state index in [2.05, 4.69) is 27.2 Å². The van der Waals surface area contributed by atoms with Crippen LogP contribution in [0.25, 0.3) is 0 Å². The number of likely N-dealkylation sites (N-methyl/N-ethyl adjacent to an activating group) is 2. The number of nitrogens with one attached hydrogen (secondary N) is 1. The van der Waals surface area contributed by atoms with Crippen molar-refractivity contribution in [2.45, 2.75) is 5.66 Å². The van der Waals surface area contributed by atoms with E-state index in [1.165, 1.54) is 0 Å². The third-order valence-corrected chi connectivity index (χ3v) is 4.84. The average Bonchev–Trinajstić information content (AvgIpc) is 2.78. The van der Waals surface area contributed by atoms with Crippen LogP contribution in [-0.4, -0.2) is 67.9 Å². The Hall–Kier alpha value is -2.61. The van der Waals surface area contributed by atoms with Crippen LogP contribution in [0, 0.1) is 0 Å². The SMILES string of the molecule is CN1CCN(C2=N[C@]3(N=C(N)N2)C(=O)N(C)c2ccccc23)CC1. The minimum Gasteiger partial charge on any atom is -0.370 e. The number of piperazine rings is 1. The van der Waals surface area contributed by atoms with Gasteiger partial charge in [0.15, 0.2) is 5.96 Å². The molecule has 8 heteroatoms. The number of hydrogen-bond donors (Lipinski definition) is 2. The molecule has 126 valence electrons. The van der Waals surface area contributed by atoms with Gasteiger partial charge in [0.05, 0.1) is 5.69 Å². The van der Waals surface area contributed by atoms with Gasteiger partial charge in [-0.3, -0.25) is 10.1 Å². The molecule has 1 atom stereocenters. The van der Waals surface area contributed by atoms with Crippen LogP contribution in [-0.2, 0) is 10.5 Å². The molecule has 3 heterocycles. The van der Waals surface area contributed by atoms with Gasteiger partial charge in [0.25, 0.3) is 11.6 Å². The summed E-state index contributed by atoms with van der Waals surface area (Å²) in [6, 6.07) is 7.59. The number of nitrogens with two attached hydrogens (primary N) is 1. The van der Waals surface area contributed by atoms with Crippen molar-refractivity contribution >= 4 is 23.5 Å². The number of aliphatic imine (C=N–C) groups is 2. The van der Waals surface area contributed by atoms with Gasteiger partial charge in [-0.25, -0.2) is 9.98 Å². The van der Waals surface area contributed by atoms with Gasteiger partial charge in [-0.2, -0.15) is 0 Å². The molecule has 3 aliphatic rings. The van der Waals surface area contributed by atoms with Crippen LogP contribution in [0.5, 0.6) is 0 Å². The van der Waals surface area contributed by atoms with Crippen LogP contribution in [0.2, 0.25) is 0 Å². The maximum atomic E-state index is 13.0. The molecule has 4 rings (SSSR count). The number of hydrogen-bond acceptors (Lipinski definition) is 7. The van der Waals surface area contributed by atoms with Crippen LogP contribution < -0.4 is 16.0 Å². The number of nitrogens with zero attached hydrogens (tertiary/aromatic N) is 5. The Labute approximate surface area is 140 Å². The standard InChI is InChI=1S/C16H21N7O/c1-21-7-9-23(10-8-21)15-18-14(17)19-16(20-15)11-5-3-4-6-12(11)22(2)13(16)24/h3-6H,7-10H2,1-2H3,(H3,17,18,19,20)/t16-/m0/s1. The fourth-order valence-corrected chi connectivity index (χ4v) is 3.43. The Balaban J connectivity index is 1.79. The summed E-state index contributed by atoms with van der Waals surface area (Å²) in [7, 11) is 3.84. The summed E-state index contributed by atoms with van der Waals surface area (Å²) in [4.78, 5) is 28.1. The molecule has 0 aromatic heterocycles. The molecule has 0 aliphatic carbocycles. The van der Waals surface area contributed by atoms with Gasteiger partial charge >= 0.3 is 0 Å². The highest BCUT2D eigenvalue weighted by atomic mass is 16.2. The highest BCUT2D eigenvalue weighted by Crippen LogP contribution is 2.43. The summed E-state index contributed by atoms with van der Waals surface area (Å²) in [5.41, 5.74) is 6.32. The highest BCUT2D eigenvalue weighted by molar-refractivity contribution is 6.12. The zero-order valence-corrected chi connectivity index (χ0v) is 13.9. The van der Waals surface area contributed by atoms with E-state index >= 15 is 0 Å². The van der Waals surface area contributed by atoms with Crippen molar-refractivity contribution in [2.75, 3.05) is 45.2 Å². The Kier molecular flexibility index (Phi) is 3.24. The minimum absolute atomic E-state index is 0.181. The first-order valence-electron chi connectivity index (χ1n) is 8.04. The van der Waals surface area contributed by atoms with Gasteiger partial charge in [0.2, 0.25) is 5.96 Å². The fraction of sp³-hybridized carbons (Fsp3) is 0.438. The first kappa shape index (κ1) is 14.9. The van der Waals surface area contributed by atoms with Gasteiger partial charge in [-0.1, -0.05) is 18.2 Å². The zero-order chi connectivity index (χ0) is 16.9. The van der Waals surface area contributed by atoms with E-state index in [0.29, 0.717) is 5.96 Å². The molecule has 0 radical (unpaired) electrons. The molecule has 0 unspecified atom stereocenters. The van der Waals surface area contributed by atoms with Crippen molar-refractivity contribution in [1.29, 1.82) is 0 Å². The lowest BCUT2D eigenvalue weighted by atomic mass is 10.0. The molecule has 1 saturated heterocycles. The zero-order valence-electron chi connectivity index (χ0n) is 13.9. The minimum atomic E-state index is -1.31. The van der Waals surface area contributed by atoms with Gasteiger partial charge in [-0.15, -0.1) is 0 Å². The second kappa shape index (κ2) is 5.20. The monoisotopic (exact) mass is 327 g/mol. The molecular weight excluding hydrogens is 306 g/mol. The molecule has 8 nitrogen and oxygen atoms in total. The van der Waals surface area contributed by atoms with Crippen LogP contribution in [0.3, 0.4) is 0 Å². The number of anilines is 1. The Bertz CT molecular complexity index is 751. The number of rotatable bonds is 0. The van der Waals surface area contributed by atoms with Gasteiger partial charge in [0, 0.05) is 38.8 Å². The van der Waals surface area contributed by atoms with Crippen molar-refractivity contribution in [2.24, 2.45) is 15.7 Å². The van der Waals surface area contributed by atoms with E-state index in [1.54, 1.807) is 11.9 Å². The van der Waals surface area contributed by atoms with E-state index in [1.807, 2.05) is 24.3 Å². The number of guanidine groups is 2. The second-order valence-electron chi connectivity index (χ2n) is 6.40. The third-order valence-electron chi connectivity index (χ3n) is 4.84. The largest absolute Gasteiger partial charge is 0.370 e. The van der Waals surface area contributed by atoms with Crippen LogP contribution in [0.15, 0.2) is 34.3 Å². The van der Waals surface area contributed by atoms with Crippen molar-refractivity contribution in [1.82, 2.24) is 15.1 Å². The Morgan fingerprint density at radius 3 is 2.58 bits per heavy atom. The molecule has 24 heavy (non-hydrogen) atoms. The molecule has 1 spiro atoms. The Morgan fingerprint density at radius 2 is 1.83 bits per heavy atom. The summed E-state index contributed by atoms with van der Waals surface area (Å²) >= 11 is 0. The van der Waals surface area contributed by atoms with Crippen LogP contribution >= 0.6 is 0 Å². The first-order chi connectivity index (χ1) is 11.5. The first-order valence-corrected chi connectivity index (χ1v) is 8.04. The summed E-state index contributed by atoms with van der Waals surface area (Å²) in [5.74, 6) is 0.659. The molecular formula is C16H21N7O. The number of carbonyl (C=O) groups is 1. The number of carbonyl (C=O) groups excluding carboxylic acids is 1. The van der Waals surface area contributed by atoms with Crippen molar-refractivity contribution < 1.29 is 4.79 Å². The average molecular weight is 327 g/mol. The van der Waals surface area contributed by atoms with Crippen molar-refractivity contribution in [3.05, 3.63) is 29.8 Å². The van der Waals surface area contributed by atoms with E-state index in [-0.39, 0.29) is 11.9 Å². The molecule has 0 bridgehead atoms. The maximum Gasteiger partial charge on any atom is 0.282 e. The lowest BCUT2D eigenvalue weighted by Gasteiger charge is -2.37. The van der Waals surface area contributed by atoms with Gasteiger partial charge in [-0.05, 0) is 13.1 Å². The van der Waals surface area contributed by atoms with Crippen molar-refractivity contribution in [3.63, 3.8) is 0 Å². The highest BCUT2D eigenvalue weighted by Gasteiger charge is 2.52. The lowest BCUT2D eigenvalue weighted by molar-refractivity contribution is -0.122. The van der Waals surface area contributed by atoms with E-state index < -0.39 is 5.66 Å². The van der Waals surface area contributed by atoms with Gasteiger partial charge < -0.3 is 20.4 Å². The molecule has 3 N–H and O–H groups in total. The quantitative estimate of drug-likeness (QED) is 0.660. The van der Waals surface area contributed by atoms with Crippen molar-refractivity contribution in [3.8, 4) is 0 Å². The number of amides is 1. The lowest BCUT2D eigenvalue weighted by Crippen LogP contribution is -2.57. The molecule has 1 amide bonds. The number of benzene rings is 1. The molecule has 1 fully saturated rings. The molecule has 1 aromatic carbocycles. The van der Waals surface area contributed by atoms with E-state index in [9.17, 15) is 4.79 Å². The summed E-state index contributed by atoms with van der Waals surface area (Å²) in [5, 5.41) is 3.03. The predicted octanol–water partition coefficient (Wildman–Crippen LogP) is -0.663. The summed E-state index contributed by atoms with van der Waals surface area (Å²) < 4.78 is 0. The summed E-state index contributed by atoms with van der Waals surface area (Å²) in [6.45, 7) is 3.54. The number of fused-ring (bicyclic) bond motifs is 2. The van der Waals surface area contributed by atoms with Crippen LogP contribution in [0.4, 0.5) is 5.69 Å².